The molecule has 6 nitrogen and oxygen atoms in total. The summed E-state index contributed by atoms with van der Waals surface area (Å²) < 4.78 is 5.66. The number of amides is 1. The molecular formula is C20H28N4O2S. The minimum atomic E-state index is -0.0444. The van der Waals surface area contributed by atoms with Crippen molar-refractivity contribution >= 4 is 22.4 Å². The molecule has 0 unspecified atom stereocenters. The Morgan fingerprint density at radius 2 is 2.04 bits per heavy atom. The summed E-state index contributed by atoms with van der Waals surface area (Å²) in [4.78, 5) is 24.8. The predicted octanol–water partition coefficient (Wildman–Crippen LogP) is 3.32. The smallest absolute Gasteiger partial charge is 0.222 e. The van der Waals surface area contributed by atoms with Crippen molar-refractivity contribution in [2.45, 2.75) is 47.3 Å². The number of nitrogens with zero attached hydrogens (tertiary/aromatic N) is 3. The molecule has 2 aromatic rings. The number of anilines is 1. The highest BCUT2D eigenvalue weighted by molar-refractivity contribution is 7.19. The first-order valence-electron chi connectivity index (χ1n) is 9.43. The summed E-state index contributed by atoms with van der Waals surface area (Å²) in [6, 6.07) is 4.17. The van der Waals surface area contributed by atoms with Crippen LogP contribution >= 0.6 is 11.3 Å². The maximum absolute atomic E-state index is 12.1. The van der Waals surface area contributed by atoms with Gasteiger partial charge in [-0.05, 0) is 38.5 Å². The van der Waals surface area contributed by atoms with Crippen LogP contribution in [0.1, 0.15) is 37.9 Å². The molecule has 3 rings (SSSR count). The highest BCUT2D eigenvalue weighted by Gasteiger charge is 2.23. The Bertz CT molecular complexity index is 798. The van der Waals surface area contributed by atoms with Crippen LogP contribution in [0.25, 0.3) is 10.4 Å². The first-order valence-corrected chi connectivity index (χ1v) is 10.2. The third kappa shape index (κ3) is 4.84. The van der Waals surface area contributed by atoms with E-state index < -0.39 is 0 Å². The van der Waals surface area contributed by atoms with E-state index in [4.69, 9.17) is 9.72 Å². The highest BCUT2D eigenvalue weighted by Crippen LogP contribution is 2.36. The fraction of sp³-hybridized carbons (Fsp3) is 0.550. The molecular weight excluding hydrogens is 360 g/mol. The quantitative estimate of drug-likeness (QED) is 0.851. The van der Waals surface area contributed by atoms with Gasteiger partial charge in [-0.15, -0.1) is 0 Å². The molecule has 1 fully saturated rings. The summed E-state index contributed by atoms with van der Waals surface area (Å²) in [7, 11) is 0. The van der Waals surface area contributed by atoms with Crippen LogP contribution in [-0.2, 0) is 16.1 Å². The van der Waals surface area contributed by atoms with Crippen LogP contribution in [0.5, 0.6) is 0 Å². The number of carbonyl (C=O) groups is 1. The summed E-state index contributed by atoms with van der Waals surface area (Å²) in [5.41, 5.74) is 3.99. The Morgan fingerprint density at radius 3 is 2.67 bits per heavy atom. The molecule has 7 heteroatoms. The third-order valence-corrected chi connectivity index (χ3v) is 5.70. The first-order chi connectivity index (χ1) is 12.8. The standard InChI is InChI=1S/C20H28N4O2S/c1-12(2)19(25)21-10-17-18(16-8-13(3)22-14(4)9-16)27-20(23-17)24-6-7-26-15(5)11-24/h8-9,12,15H,6-7,10-11H2,1-5H3,(H,21,25)/t15-/m0/s1. The fourth-order valence-corrected chi connectivity index (χ4v) is 4.26. The van der Waals surface area contributed by atoms with Crippen molar-refractivity contribution < 1.29 is 9.53 Å². The van der Waals surface area contributed by atoms with Gasteiger partial charge in [0.05, 0.1) is 29.8 Å². The van der Waals surface area contributed by atoms with Gasteiger partial charge >= 0.3 is 0 Å². The molecule has 1 amide bonds. The van der Waals surface area contributed by atoms with Crippen molar-refractivity contribution in [2.75, 3.05) is 24.6 Å². The second-order valence-electron chi connectivity index (χ2n) is 7.41. The highest BCUT2D eigenvalue weighted by atomic mass is 32.1. The van der Waals surface area contributed by atoms with Gasteiger partial charge in [-0.2, -0.15) is 0 Å². The lowest BCUT2D eigenvalue weighted by Gasteiger charge is -2.30. The SMILES string of the molecule is Cc1cc(-c2sc(N3CCO[C@@H](C)C3)nc2CNC(=O)C(C)C)cc(C)n1. The van der Waals surface area contributed by atoms with E-state index in [9.17, 15) is 4.79 Å². The van der Waals surface area contributed by atoms with Gasteiger partial charge in [0.25, 0.3) is 0 Å². The maximum Gasteiger partial charge on any atom is 0.222 e. The predicted molar refractivity (Wildman–Crippen MR) is 109 cm³/mol. The van der Waals surface area contributed by atoms with Gasteiger partial charge in [-0.3, -0.25) is 9.78 Å². The maximum atomic E-state index is 12.1. The lowest BCUT2D eigenvalue weighted by molar-refractivity contribution is -0.124. The van der Waals surface area contributed by atoms with E-state index >= 15 is 0 Å². The number of pyridine rings is 1. The number of hydrogen-bond donors (Lipinski definition) is 1. The molecule has 1 N–H and O–H groups in total. The summed E-state index contributed by atoms with van der Waals surface area (Å²) in [5.74, 6) is -0.00496. The third-order valence-electron chi connectivity index (χ3n) is 4.50. The number of ether oxygens (including phenoxy) is 1. The van der Waals surface area contributed by atoms with Crippen LogP contribution in [0, 0.1) is 19.8 Å². The molecule has 0 spiro atoms. The topological polar surface area (TPSA) is 67.3 Å². The monoisotopic (exact) mass is 388 g/mol. The lowest BCUT2D eigenvalue weighted by Crippen LogP contribution is -2.41. The number of aromatic nitrogens is 2. The Hall–Kier alpha value is -1.99. The van der Waals surface area contributed by atoms with Gasteiger partial charge in [0, 0.05) is 30.4 Å². The second-order valence-corrected chi connectivity index (χ2v) is 8.39. The Morgan fingerprint density at radius 1 is 1.33 bits per heavy atom. The number of nitrogens with one attached hydrogen (secondary N) is 1. The second kappa shape index (κ2) is 8.35. The molecule has 0 radical (unpaired) electrons. The van der Waals surface area contributed by atoms with Gasteiger partial charge in [0.2, 0.25) is 5.91 Å². The zero-order chi connectivity index (χ0) is 19.6. The van der Waals surface area contributed by atoms with Crippen molar-refractivity contribution in [3.05, 3.63) is 29.2 Å². The number of aryl methyl sites for hydroxylation is 2. The minimum Gasteiger partial charge on any atom is -0.375 e. The average molecular weight is 389 g/mol. The van der Waals surface area contributed by atoms with E-state index in [1.807, 2.05) is 27.7 Å². The van der Waals surface area contributed by atoms with Crippen LogP contribution in [0.15, 0.2) is 12.1 Å². The summed E-state index contributed by atoms with van der Waals surface area (Å²) in [6.07, 6.45) is 0.195. The van der Waals surface area contributed by atoms with Crippen molar-refractivity contribution in [2.24, 2.45) is 5.92 Å². The van der Waals surface area contributed by atoms with E-state index in [0.717, 1.165) is 45.7 Å². The van der Waals surface area contributed by atoms with Crippen LogP contribution in [0.3, 0.4) is 0 Å². The largest absolute Gasteiger partial charge is 0.375 e. The molecule has 146 valence electrons. The number of hydrogen-bond acceptors (Lipinski definition) is 6. The van der Waals surface area contributed by atoms with E-state index in [0.29, 0.717) is 13.2 Å². The zero-order valence-electron chi connectivity index (χ0n) is 16.7. The van der Waals surface area contributed by atoms with E-state index in [2.05, 4.69) is 34.3 Å². The van der Waals surface area contributed by atoms with Crippen molar-refractivity contribution in [3.63, 3.8) is 0 Å². The number of carbonyl (C=O) groups excluding carboxylic acids is 1. The van der Waals surface area contributed by atoms with Gasteiger partial charge in [-0.25, -0.2) is 4.98 Å². The van der Waals surface area contributed by atoms with Crippen LogP contribution < -0.4 is 10.2 Å². The molecule has 0 aromatic carbocycles. The molecule has 27 heavy (non-hydrogen) atoms. The molecule has 0 aliphatic carbocycles. The summed E-state index contributed by atoms with van der Waals surface area (Å²) in [5, 5.41) is 4.00. The molecule has 2 aromatic heterocycles. The molecule has 1 aliphatic heterocycles. The van der Waals surface area contributed by atoms with E-state index in [-0.39, 0.29) is 17.9 Å². The minimum absolute atomic E-state index is 0.0394. The molecule has 0 bridgehead atoms. The van der Waals surface area contributed by atoms with Crippen LogP contribution in [0.4, 0.5) is 5.13 Å². The van der Waals surface area contributed by atoms with Crippen molar-refractivity contribution in [1.29, 1.82) is 0 Å². The first kappa shape index (κ1) is 19.8. The summed E-state index contributed by atoms with van der Waals surface area (Å²) in [6.45, 7) is 12.7. The molecule has 1 aliphatic rings. The Balaban J connectivity index is 1.94. The van der Waals surface area contributed by atoms with Crippen LogP contribution in [0.2, 0.25) is 0 Å². The number of thiazole rings is 1. The number of rotatable bonds is 5. The lowest BCUT2D eigenvalue weighted by atomic mass is 10.1. The van der Waals surface area contributed by atoms with Gasteiger partial charge in [-0.1, -0.05) is 25.2 Å². The van der Waals surface area contributed by atoms with E-state index in [1.54, 1.807) is 11.3 Å². The van der Waals surface area contributed by atoms with Crippen LogP contribution in [-0.4, -0.2) is 41.7 Å². The van der Waals surface area contributed by atoms with Gasteiger partial charge < -0.3 is 15.0 Å². The van der Waals surface area contributed by atoms with Gasteiger partial charge in [0.15, 0.2) is 5.13 Å². The number of morpholine rings is 1. The Labute approximate surface area is 165 Å². The zero-order valence-corrected chi connectivity index (χ0v) is 17.5. The molecule has 1 atom stereocenters. The Kier molecular flexibility index (Phi) is 6.11. The molecule has 1 saturated heterocycles. The molecule has 3 heterocycles. The fourth-order valence-electron chi connectivity index (χ4n) is 3.15. The summed E-state index contributed by atoms with van der Waals surface area (Å²) >= 11 is 1.68. The van der Waals surface area contributed by atoms with Crippen molar-refractivity contribution in [3.8, 4) is 10.4 Å². The van der Waals surface area contributed by atoms with E-state index in [1.165, 1.54) is 0 Å². The van der Waals surface area contributed by atoms with Gasteiger partial charge in [0.1, 0.15) is 0 Å². The average Bonchev–Trinajstić information content (AvgIpc) is 3.03. The molecule has 0 saturated carbocycles. The normalized spacial score (nSPS) is 17.4. The van der Waals surface area contributed by atoms with Crippen molar-refractivity contribution in [1.82, 2.24) is 15.3 Å².